The summed E-state index contributed by atoms with van der Waals surface area (Å²) in [6, 6.07) is 0. The summed E-state index contributed by atoms with van der Waals surface area (Å²) in [5, 5.41) is 10.9. The van der Waals surface area contributed by atoms with Crippen LogP contribution in [0.5, 0.6) is 0 Å². The van der Waals surface area contributed by atoms with E-state index in [0.717, 1.165) is 19.3 Å². The summed E-state index contributed by atoms with van der Waals surface area (Å²) in [7, 11) is 0. The Morgan fingerprint density at radius 3 is 2.30 bits per heavy atom. The summed E-state index contributed by atoms with van der Waals surface area (Å²) in [4.78, 5) is 12.2. The van der Waals surface area contributed by atoms with Gasteiger partial charge in [-0.15, -0.1) is 0 Å². The lowest BCUT2D eigenvalue weighted by Crippen LogP contribution is -2.43. The highest BCUT2D eigenvalue weighted by atomic mass is 16.6. The van der Waals surface area contributed by atoms with Gasteiger partial charge in [0.1, 0.15) is 5.60 Å². The molecule has 0 radical (unpaired) electrons. The predicted molar refractivity (Wildman–Crippen MR) is 81.4 cm³/mol. The van der Waals surface area contributed by atoms with Gasteiger partial charge in [-0.3, -0.25) is 4.79 Å². The summed E-state index contributed by atoms with van der Waals surface area (Å²) in [5.74, 6) is 0.583. The van der Waals surface area contributed by atoms with E-state index in [-0.39, 0.29) is 5.97 Å². The van der Waals surface area contributed by atoms with Crippen LogP contribution in [0.1, 0.15) is 73.6 Å². The molecule has 1 aliphatic rings. The van der Waals surface area contributed by atoms with E-state index in [2.05, 4.69) is 13.8 Å². The van der Waals surface area contributed by atoms with E-state index in [4.69, 9.17) is 4.74 Å². The Bertz CT molecular complexity index is 330. The monoisotopic (exact) mass is 284 g/mol. The number of hydrogen-bond donors (Lipinski definition) is 1. The molecule has 0 heterocycles. The fourth-order valence-electron chi connectivity index (χ4n) is 3.08. The molecule has 1 N–H and O–H groups in total. The first kappa shape index (κ1) is 17.5. The fraction of sp³-hybridized carbons (Fsp3) is 0.941. The molecule has 1 rings (SSSR count). The summed E-state index contributed by atoms with van der Waals surface area (Å²) >= 11 is 0. The second kappa shape index (κ2) is 6.46. The molecule has 1 saturated carbocycles. The summed E-state index contributed by atoms with van der Waals surface area (Å²) in [5.41, 5.74) is -1.39. The molecule has 20 heavy (non-hydrogen) atoms. The Hall–Kier alpha value is -0.570. The van der Waals surface area contributed by atoms with E-state index in [9.17, 15) is 9.90 Å². The minimum atomic E-state index is -0.897. The van der Waals surface area contributed by atoms with Crippen LogP contribution < -0.4 is 0 Å². The van der Waals surface area contributed by atoms with Crippen LogP contribution in [0.3, 0.4) is 0 Å². The van der Waals surface area contributed by atoms with Gasteiger partial charge in [-0.1, -0.05) is 26.7 Å². The van der Waals surface area contributed by atoms with Crippen LogP contribution in [0.2, 0.25) is 0 Å². The Kier molecular flexibility index (Phi) is 5.65. The van der Waals surface area contributed by atoms with Crippen molar-refractivity contribution in [2.45, 2.75) is 84.8 Å². The SMILES string of the molecule is CC(C)C1CCCC(O)(C(C)C(=O)OC(C)(C)C)CC1. The number of ether oxygens (including phenoxy) is 1. The Balaban J connectivity index is 2.70. The molecule has 3 atom stereocenters. The van der Waals surface area contributed by atoms with Gasteiger partial charge in [0.25, 0.3) is 0 Å². The van der Waals surface area contributed by atoms with E-state index in [1.807, 2.05) is 27.7 Å². The molecule has 0 bridgehead atoms. The fourth-order valence-corrected chi connectivity index (χ4v) is 3.08. The molecule has 0 saturated heterocycles. The number of aliphatic hydroxyl groups is 1. The molecule has 0 aliphatic heterocycles. The van der Waals surface area contributed by atoms with E-state index in [1.54, 1.807) is 0 Å². The quantitative estimate of drug-likeness (QED) is 0.631. The van der Waals surface area contributed by atoms with Crippen molar-refractivity contribution in [2.75, 3.05) is 0 Å². The Morgan fingerprint density at radius 2 is 1.80 bits per heavy atom. The van der Waals surface area contributed by atoms with Crippen molar-refractivity contribution in [1.29, 1.82) is 0 Å². The molecule has 3 unspecified atom stereocenters. The molecule has 0 aromatic rings. The lowest BCUT2D eigenvalue weighted by Gasteiger charge is -2.34. The van der Waals surface area contributed by atoms with Crippen molar-refractivity contribution in [1.82, 2.24) is 0 Å². The highest BCUT2D eigenvalue weighted by Gasteiger charge is 2.41. The van der Waals surface area contributed by atoms with Crippen molar-refractivity contribution >= 4 is 5.97 Å². The first-order valence-corrected chi connectivity index (χ1v) is 8.00. The van der Waals surface area contributed by atoms with Crippen LogP contribution in [-0.2, 0) is 9.53 Å². The van der Waals surface area contributed by atoms with Gasteiger partial charge in [0.05, 0.1) is 11.5 Å². The van der Waals surface area contributed by atoms with Crippen LogP contribution in [0.4, 0.5) is 0 Å². The third kappa shape index (κ3) is 4.76. The molecule has 118 valence electrons. The standard InChI is InChI=1S/C17H32O3/c1-12(2)14-8-7-10-17(19,11-9-14)13(3)15(18)20-16(4,5)6/h12-14,19H,7-11H2,1-6H3. The number of rotatable bonds is 3. The van der Waals surface area contributed by atoms with Crippen molar-refractivity contribution in [3.05, 3.63) is 0 Å². The molecule has 0 aromatic carbocycles. The van der Waals surface area contributed by atoms with Crippen molar-refractivity contribution in [3.63, 3.8) is 0 Å². The second-order valence-corrected chi connectivity index (χ2v) is 7.79. The maximum Gasteiger partial charge on any atom is 0.312 e. The molecule has 0 amide bonds. The van der Waals surface area contributed by atoms with Crippen LogP contribution in [0, 0.1) is 17.8 Å². The van der Waals surface area contributed by atoms with Gasteiger partial charge in [-0.2, -0.15) is 0 Å². The normalized spacial score (nSPS) is 29.9. The average Bonchev–Trinajstić information content (AvgIpc) is 2.49. The molecular weight excluding hydrogens is 252 g/mol. The summed E-state index contributed by atoms with van der Waals surface area (Å²) in [6.45, 7) is 11.9. The topological polar surface area (TPSA) is 46.5 Å². The first-order chi connectivity index (χ1) is 9.05. The zero-order chi connectivity index (χ0) is 15.6. The van der Waals surface area contributed by atoms with Crippen molar-refractivity contribution in [3.8, 4) is 0 Å². The highest BCUT2D eigenvalue weighted by Crippen LogP contribution is 2.38. The second-order valence-electron chi connectivity index (χ2n) is 7.79. The zero-order valence-electron chi connectivity index (χ0n) is 14.0. The molecule has 0 spiro atoms. The number of esters is 1. The van der Waals surface area contributed by atoms with Crippen LogP contribution in [0.15, 0.2) is 0 Å². The third-order valence-corrected chi connectivity index (χ3v) is 4.64. The molecule has 1 aliphatic carbocycles. The summed E-state index contributed by atoms with van der Waals surface area (Å²) in [6.07, 6.45) is 4.56. The largest absolute Gasteiger partial charge is 0.460 e. The number of carbonyl (C=O) groups is 1. The summed E-state index contributed by atoms with van der Waals surface area (Å²) < 4.78 is 5.43. The third-order valence-electron chi connectivity index (χ3n) is 4.64. The molecule has 3 heteroatoms. The number of carbonyl (C=O) groups excluding carboxylic acids is 1. The van der Waals surface area contributed by atoms with Crippen LogP contribution in [-0.4, -0.2) is 22.3 Å². The van der Waals surface area contributed by atoms with Gasteiger partial charge < -0.3 is 9.84 Å². The highest BCUT2D eigenvalue weighted by molar-refractivity contribution is 5.73. The van der Waals surface area contributed by atoms with Gasteiger partial charge in [0.2, 0.25) is 0 Å². The van der Waals surface area contributed by atoms with E-state index in [1.165, 1.54) is 0 Å². The van der Waals surface area contributed by atoms with Gasteiger partial charge >= 0.3 is 5.97 Å². The maximum atomic E-state index is 12.2. The Morgan fingerprint density at radius 1 is 1.20 bits per heavy atom. The van der Waals surface area contributed by atoms with E-state index in [0.29, 0.717) is 24.7 Å². The lowest BCUT2D eigenvalue weighted by molar-refractivity contribution is -0.169. The molecule has 1 fully saturated rings. The van der Waals surface area contributed by atoms with E-state index >= 15 is 0 Å². The average molecular weight is 284 g/mol. The smallest absolute Gasteiger partial charge is 0.312 e. The van der Waals surface area contributed by atoms with Crippen molar-refractivity contribution < 1.29 is 14.6 Å². The maximum absolute atomic E-state index is 12.2. The molecule has 0 aromatic heterocycles. The van der Waals surface area contributed by atoms with Gasteiger partial charge in [-0.25, -0.2) is 0 Å². The predicted octanol–water partition coefficient (Wildman–Crippen LogP) is 3.93. The first-order valence-electron chi connectivity index (χ1n) is 8.00. The lowest BCUT2D eigenvalue weighted by atomic mass is 9.81. The number of hydrogen-bond acceptors (Lipinski definition) is 3. The van der Waals surface area contributed by atoms with Crippen LogP contribution >= 0.6 is 0 Å². The van der Waals surface area contributed by atoms with Crippen LogP contribution in [0.25, 0.3) is 0 Å². The minimum absolute atomic E-state index is 0.275. The minimum Gasteiger partial charge on any atom is -0.460 e. The zero-order valence-corrected chi connectivity index (χ0v) is 14.0. The molecular formula is C17H32O3. The van der Waals surface area contributed by atoms with E-state index < -0.39 is 17.1 Å². The Labute approximate surface area is 124 Å². The van der Waals surface area contributed by atoms with Crippen molar-refractivity contribution in [2.24, 2.45) is 17.8 Å². The van der Waals surface area contributed by atoms with Gasteiger partial charge in [-0.05, 0) is 58.8 Å². The van der Waals surface area contributed by atoms with Gasteiger partial charge in [0, 0.05) is 0 Å². The van der Waals surface area contributed by atoms with Gasteiger partial charge in [0.15, 0.2) is 0 Å². The molecule has 3 nitrogen and oxygen atoms in total.